The van der Waals surface area contributed by atoms with Crippen LogP contribution in [0.5, 0.6) is 0 Å². The fourth-order valence-electron chi connectivity index (χ4n) is 3.22. The molecule has 0 bridgehead atoms. The molecule has 2 aromatic carbocycles. The standard InChI is InChI=1S/C21H19N5OS/c1-13(28-21-25-24-12-26(21)2)16-8-5-9-17(20(22)27)19(16)18-10-14-6-3-4-7-15(14)11-23-18/h3-13H,1-2H3,(H2,22,27). The number of carbonyl (C=O) groups excluding carboxylic acids is 1. The Morgan fingerprint density at radius 2 is 1.93 bits per heavy atom. The van der Waals surface area contributed by atoms with Crippen molar-refractivity contribution in [2.45, 2.75) is 17.3 Å². The summed E-state index contributed by atoms with van der Waals surface area (Å²) in [6.45, 7) is 2.07. The quantitative estimate of drug-likeness (QED) is 0.522. The Morgan fingerprint density at radius 3 is 2.64 bits per heavy atom. The number of nitrogens with two attached hydrogens (primary N) is 1. The summed E-state index contributed by atoms with van der Waals surface area (Å²) in [7, 11) is 1.90. The number of rotatable bonds is 5. The molecule has 140 valence electrons. The van der Waals surface area contributed by atoms with Crippen molar-refractivity contribution in [3.63, 3.8) is 0 Å². The summed E-state index contributed by atoms with van der Waals surface area (Å²) in [5, 5.41) is 11.0. The van der Waals surface area contributed by atoms with Crippen molar-refractivity contribution in [2.75, 3.05) is 0 Å². The molecular weight excluding hydrogens is 370 g/mol. The molecule has 1 unspecified atom stereocenters. The maximum absolute atomic E-state index is 12.2. The van der Waals surface area contributed by atoms with E-state index in [1.54, 1.807) is 24.2 Å². The lowest BCUT2D eigenvalue weighted by molar-refractivity contribution is 0.100. The number of thioether (sulfide) groups is 1. The van der Waals surface area contributed by atoms with E-state index in [4.69, 9.17) is 5.73 Å². The van der Waals surface area contributed by atoms with Gasteiger partial charge in [0.15, 0.2) is 5.16 Å². The number of hydrogen-bond acceptors (Lipinski definition) is 5. The van der Waals surface area contributed by atoms with Crippen molar-refractivity contribution in [3.8, 4) is 11.3 Å². The van der Waals surface area contributed by atoms with Crippen LogP contribution in [0, 0.1) is 0 Å². The van der Waals surface area contributed by atoms with E-state index in [2.05, 4.69) is 22.1 Å². The molecule has 6 nitrogen and oxygen atoms in total. The first kappa shape index (κ1) is 18.2. The average molecular weight is 389 g/mol. The van der Waals surface area contributed by atoms with E-state index >= 15 is 0 Å². The largest absolute Gasteiger partial charge is 0.366 e. The Balaban J connectivity index is 1.86. The number of amides is 1. The van der Waals surface area contributed by atoms with E-state index < -0.39 is 5.91 Å². The summed E-state index contributed by atoms with van der Waals surface area (Å²) in [6.07, 6.45) is 3.49. The van der Waals surface area contributed by atoms with Gasteiger partial charge in [0, 0.05) is 35.0 Å². The van der Waals surface area contributed by atoms with Crippen LogP contribution in [0.25, 0.3) is 22.0 Å². The first-order valence-corrected chi connectivity index (χ1v) is 9.71. The van der Waals surface area contributed by atoms with Crippen molar-refractivity contribution in [3.05, 3.63) is 72.2 Å². The molecule has 0 aliphatic rings. The molecule has 0 aliphatic carbocycles. The summed E-state index contributed by atoms with van der Waals surface area (Å²) in [6, 6.07) is 15.6. The average Bonchev–Trinajstić information content (AvgIpc) is 3.11. The zero-order chi connectivity index (χ0) is 19.7. The zero-order valence-electron chi connectivity index (χ0n) is 15.5. The molecule has 0 spiro atoms. The molecule has 0 saturated heterocycles. The predicted molar refractivity (Wildman–Crippen MR) is 111 cm³/mol. The van der Waals surface area contributed by atoms with Crippen LogP contribution in [0.3, 0.4) is 0 Å². The Labute approximate surface area is 166 Å². The van der Waals surface area contributed by atoms with Crippen molar-refractivity contribution >= 4 is 28.4 Å². The number of nitrogens with zero attached hydrogens (tertiary/aromatic N) is 4. The Morgan fingerprint density at radius 1 is 1.14 bits per heavy atom. The minimum atomic E-state index is -0.470. The lowest BCUT2D eigenvalue weighted by Crippen LogP contribution is -2.14. The van der Waals surface area contributed by atoms with Crippen molar-refractivity contribution < 1.29 is 4.79 Å². The van der Waals surface area contributed by atoms with Crippen LogP contribution in [0.4, 0.5) is 0 Å². The summed E-state index contributed by atoms with van der Waals surface area (Å²) in [4.78, 5) is 16.8. The van der Waals surface area contributed by atoms with Gasteiger partial charge in [-0.2, -0.15) is 0 Å². The maximum atomic E-state index is 12.2. The predicted octanol–water partition coefficient (Wildman–Crippen LogP) is 3.98. The highest BCUT2D eigenvalue weighted by Crippen LogP contribution is 2.40. The van der Waals surface area contributed by atoms with E-state index in [1.807, 2.05) is 60.3 Å². The molecule has 0 saturated carbocycles. The van der Waals surface area contributed by atoms with Crippen molar-refractivity contribution in [1.82, 2.24) is 19.7 Å². The van der Waals surface area contributed by atoms with Crippen LogP contribution in [0.15, 0.2) is 66.2 Å². The third kappa shape index (κ3) is 3.36. The minimum absolute atomic E-state index is 0.0190. The second-order valence-corrected chi connectivity index (χ2v) is 7.84. The lowest BCUT2D eigenvalue weighted by Gasteiger charge is -2.18. The van der Waals surface area contributed by atoms with Gasteiger partial charge in [-0.25, -0.2) is 0 Å². The number of carbonyl (C=O) groups is 1. The van der Waals surface area contributed by atoms with E-state index in [9.17, 15) is 4.79 Å². The van der Waals surface area contributed by atoms with Gasteiger partial charge in [0.2, 0.25) is 5.91 Å². The van der Waals surface area contributed by atoms with Gasteiger partial charge in [-0.15, -0.1) is 10.2 Å². The normalized spacial score (nSPS) is 12.2. The van der Waals surface area contributed by atoms with E-state index in [0.29, 0.717) is 5.56 Å². The molecule has 2 aromatic heterocycles. The van der Waals surface area contributed by atoms with Crippen molar-refractivity contribution in [2.24, 2.45) is 12.8 Å². The number of benzene rings is 2. The van der Waals surface area contributed by atoms with E-state index in [-0.39, 0.29) is 5.25 Å². The Kier molecular flexibility index (Phi) is 4.83. The Hall–Kier alpha value is -3.19. The van der Waals surface area contributed by atoms with E-state index in [0.717, 1.165) is 32.7 Å². The SMILES string of the molecule is CC(Sc1nncn1C)c1cccc(C(N)=O)c1-c1cc2ccccc2cn1. The molecule has 1 amide bonds. The highest BCUT2D eigenvalue weighted by molar-refractivity contribution is 7.99. The van der Waals surface area contributed by atoms with Gasteiger partial charge in [0.1, 0.15) is 6.33 Å². The zero-order valence-corrected chi connectivity index (χ0v) is 16.4. The van der Waals surface area contributed by atoms with Gasteiger partial charge in [-0.05, 0) is 30.0 Å². The van der Waals surface area contributed by atoms with Crippen molar-refractivity contribution in [1.29, 1.82) is 0 Å². The van der Waals surface area contributed by atoms with Crippen LogP contribution in [0.1, 0.15) is 28.1 Å². The smallest absolute Gasteiger partial charge is 0.249 e. The third-order valence-electron chi connectivity index (χ3n) is 4.64. The second kappa shape index (κ2) is 7.44. The summed E-state index contributed by atoms with van der Waals surface area (Å²) in [5.74, 6) is -0.470. The first-order valence-electron chi connectivity index (χ1n) is 8.83. The van der Waals surface area contributed by atoms with Gasteiger partial charge >= 0.3 is 0 Å². The van der Waals surface area contributed by atoms with Crippen LogP contribution in [0.2, 0.25) is 0 Å². The van der Waals surface area contributed by atoms with Crippen LogP contribution in [-0.4, -0.2) is 25.7 Å². The molecule has 7 heteroatoms. The molecule has 0 fully saturated rings. The summed E-state index contributed by atoms with van der Waals surface area (Å²) < 4.78 is 1.87. The lowest BCUT2D eigenvalue weighted by atomic mass is 9.94. The number of hydrogen-bond donors (Lipinski definition) is 1. The number of fused-ring (bicyclic) bond motifs is 1. The number of aryl methyl sites for hydroxylation is 1. The molecule has 0 radical (unpaired) electrons. The molecule has 28 heavy (non-hydrogen) atoms. The Bertz CT molecular complexity index is 1170. The molecule has 4 rings (SSSR count). The van der Waals surface area contributed by atoms with Gasteiger partial charge in [0.05, 0.1) is 5.69 Å². The molecule has 0 aliphatic heterocycles. The highest BCUT2D eigenvalue weighted by atomic mass is 32.2. The topological polar surface area (TPSA) is 86.7 Å². The monoisotopic (exact) mass is 389 g/mol. The van der Waals surface area contributed by atoms with E-state index in [1.165, 1.54) is 0 Å². The maximum Gasteiger partial charge on any atom is 0.249 e. The number of primary amides is 1. The molecule has 1 atom stereocenters. The fraction of sp³-hybridized carbons (Fsp3) is 0.143. The first-order chi connectivity index (χ1) is 13.5. The summed E-state index contributed by atoms with van der Waals surface area (Å²) >= 11 is 1.57. The number of pyridine rings is 1. The molecule has 2 heterocycles. The van der Waals surface area contributed by atoms with Crippen LogP contribution in [-0.2, 0) is 7.05 Å². The third-order valence-corrected chi connectivity index (χ3v) is 5.83. The molecule has 2 N–H and O–H groups in total. The fourth-order valence-corrected chi connectivity index (χ4v) is 4.17. The highest BCUT2D eigenvalue weighted by Gasteiger charge is 2.21. The van der Waals surface area contributed by atoms with Crippen LogP contribution < -0.4 is 5.73 Å². The number of aromatic nitrogens is 4. The summed E-state index contributed by atoms with van der Waals surface area (Å²) in [5.41, 5.74) is 8.63. The van der Waals surface area contributed by atoms with Gasteiger partial charge in [-0.1, -0.05) is 48.2 Å². The minimum Gasteiger partial charge on any atom is -0.366 e. The molecular formula is C21H19N5OS. The molecule has 4 aromatic rings. The second-order valence-electron chi connectivity index (χ2n) is 6.54. The van der Waals surface area contributed by atoms with Gasteiger partial charge < -0.3 is 10.3 Å². The van der Waals surface area contributed by atoms with Gasteiger partial charge in [0.25, 0.3) is 0 Å². The van der Waals surface area contributed by atoms with Gasteiger partial charge in [-0.3, -0.25) is 9.78 Å². The van der Waals surface area contributed by atoms with Crippen LogP contribution >= 0.6 is 11.8 Å².